The van der Waals surface area contributed by atoms with Gasteiger partial charge in [0.2, 0.25) is 0 Å². The number of nitrogens with zero attached hydrogens (tertiary/aromatic N) is 1. The first-order valence-corrected chi connectivity index (χ1v) is 7.36. The monoisotopic (exact) mass is 354 g/mol. The highest BCUT2D eigenvalue weighted by Crippen LogP contribution is 2.24. The summed E-state index contributed by atoms with van der Waals surface area (Å²) in [7, 11) is 0. The molecule has 6 heteroatoms. The average molecular weight is 355 g/mol. The lowest BCUT2D eigenvalue weighted by Gasteiger charge is -2.28. The molecule has 2 N–H and O–H groups in total. The first-order valence-electron chi connectivity index (χ1n) is 6.57. The summed E-state index contributed by atoms with van der Waals surface area (Å²) < 4.78 is 6.50. The Morgan fingerprint density at radius 2 is 2.24 bits per heavy atom. The quantitative estimate of drug-likeness (QED) is 0.814. The Kier molecular flexibility index (Phi) is 6.03. The average Bonchev–Trinajstić information content (AvgIpc) is 2.34. The highest BCUT2D eigenvalue weighted by atomic mass is 79.9. The summed E-state index contributed by atoms with van der Waals surface area (Å²) >= 11 is 3.31. The molecular weight excluding hydrogens is 336 g/mol. The third kappa shape index (κ3) is 6.05. The lowest BCUT2D eigenvalue weighted by molar-refractivity contribution is 0.169. The van der Waals surface area contributed by atoms with Gasteiger partial charge in [0.15, 0.2) is 0 Å². The Morgan fingerprint density at radius 3 is 2.81 bits per heavy atom. The summed E-state index contributed by atoms with van der Waals surface area (Å²) in [5, 5.41) is 20.3. The van der Waals surface area contributed by atoms with Crippen LogP contribution in [0.25, 0.3) is 0 Å². The van der Waals surface area contributed by atoms with Crippen LogP contribution >= 0.6 is 15.9 Å². The summed E-state index contributed by atoms with van der Waals surface area (Å²) in [5.41, 5.74) is -0.0497. The van der Waals surface area contributed by atoms with Crippen molar-refractivity contribution in [3.05, 3.63) is 28.2 Å². The van der Waals surface area contributed by atoms with E-state index >= 15 is 0 Å². The molecule has 1 unspecified atom stereocenters. The van der Waals surface area contributed by atoms with Gasteiger partial charge in [-0.05, 0) is 44.4 Å². The maximum atomic E-state index is 10.7. The molecule has 0 radical (unpaired) electrons. The van der Waals surface area contributed by atoms with E-state index in [1.807, 2.05) is 26.8 Å². The van der Waals surface area contributed by atoms with Gasteiger partial charge in [0.25, 0.3) is 0 Å². The summed E-state index contributed by atoms with van der Waals surface area (Å²) in [6.07, 6.45) is -0.398. The zero-order valence-corrected chi connectivity index (χ0v) is 13.9. The fourth-order valence-corrected chi connectivity index (χ4v) is 2.58. The Labute approximate surface area is 133 Å². The van der Waals surface area contributed by atoms with Crippen LogP contribution in [-0.2, 0) is 0 Å². The molecule has 1 aromatic carbocycles. The van der Waals surface area contributed by atoms with Crippen LogP contribution in [0.2, 0.25) is 0 Å². The highest BCUT2D eigenvalue weighted by Gasteiger charge is 2.23. The fourth-order valence-electron chi connectivity index (χ4n) is 2.22. The molecule has 5 nitrogen and oxygen atoms in total. The first kappa shape index (κ1) is 17.3. The molecule has 1 amide bonds. The van der Waals surface area contributed by atoms with Crippen LogP contribution in [0, 0.1) is 17.2 Å². The molecule has 1 atom stereocenters. The standard InChI is InChI=1S/C15H19BrN2O3/c1-10(7-15(2,3)18-14(19)20)9-21-13-5-4-12(16)6-11(13)8-17/h4-6,10,18H,7,9H2,1-3H3,(H,19,20). The number of halogens is 1. The lowest BCUT2D eigenvalue weighted by atomic mass is 9.92. The molecular formula is C15H19BrN2O3. The lowest BCUT2D eigenvalue weighted by Crippen LogP contribution is -2.44. The molecule has 0 fully saturated rings. The molecule has 114 valence electrons. The van der Waals surface area contributed by atoms with Crippen LogP contribution in [0.5, 0.6) is 5.75 Å². The van der Waals surface area contributed by atoms with Gasteiger partial charge in [0.05, 0.1) is 12.2 Å². The van der Waals surface area contributed by atoms with E-state index in [4.69, 9.17) is 15.1 Å². The third-order valence-corrected chi connectivity index (χ3v) is 3.38. The molecule has 21 heavy (non-hydrogen) atoms. The van der Waals surface area contributed by atoms with Gasteiger partial charge in [-0.15, -0.1) is 0 Å². The van der Waals surface area contributed by atoms with Gasteiger partial charge in [-0.3, -0.25) is 0 Å². The number of carbonyl (C=O) groups is 1. The molecule has 0 aromatic heterocycles. The summed E-state index contributed by atoms with van der Waals surface area (Å²) in [5.74, 6) is 0.679. The molecule has 1 aromatic rings. The molecule has 0 aliphatic heterocycles. The minimum atomic E-state index is -1.03. The Hall–Kier alpha value is -1.74. The van der Waals surface area contributed by atoms with Crippen LogP contribution in [0.4, 0.5) is 4.79 Å². The van der Waals surface area contributed by atoms with Crippen molar-refractivity contribution >= 4 is 22.0 Å². The van der Waals surface area contributed by atoms with Gasteiger partial charge in [-0.1, -0.05) is 22.9 Å². The predicted octanol–water partition coefficient (Wildman–Crippen LogP) is 3.77. The normalized spacial score (nSPS) is 12.3. The van der Waals surface area contributed by atoms with E-state index in [0.717, 1.165) is 4.47 Å². The largest absolute Gasteiger partial charge is 0.492 e. The van der Waals surface area contributed by atoms with Crippen LogP contribution in [0.1, 0.15) is 32.8 Å². The molecule has 0 bridgehead atoms. The first-order chi connectivity index (χ1) is 9.73. The number of nitriles is 1. The van der Waals surface area contributed by atoms with E-state index < -0.39 is 11.6 Å². The Balaban J connectivity index is 2.59. The van der Waals surface area contributed by atoms with Crippen molar-refractivity contribution in [2.24, 2.45) is 5.92 Å². The van der Waals surface area contributed by atoms with Crippen LogP contribution in [-0.4, -0.2) is 23.3 Å². The van der Waals surface area contributed by atoms with Gasteiger partial charge in [0, 0.05) is 10.0 Å². The van der Waals surface area contributed by atoms with Crippen molar-refractivity contribution in [1.82, 2.24) is 5.32 Å². The van der Waals surface area contributed by atoms with E-state index in [1.165, 1.54) is 0 Å². The number of hydrogen-bond acceptors (Lipinski definition) is 3. The van der Waals surface area contributed by atoms with Gasteiger partial charge >= 0.3 is 6.09 Å². The molecule has 0 aliphatic rings. The highest BCUT2D eigenvalue weighted by molar-refractivity contribution is 9.10. The second-order valence-corrected chi connectivity index (χ2v) is 6.60. The van der Waals surface area contributed by atoms with E-state index in [-0.39, 0.29) is 5.92 Å². The fraction of sp³-hybridized carbons (Fsp3) is 0.467. The van der Waals surface area contributed by atoms with Crippen molar-refractivity contribution in [3.8, 4) is 11.8 Å². The SMILES string of the molecule is CC(COc1ccc(Br)cc1C#N)CC(C)(C)NC(=O)O. The summed E-state index contributed by atoms with van der Waals surface area (Å²) in [6.45, 7) is 6.06. The maximum Gasteiger partial charge on any atom is 0.405 e. The third-order valence-electron chi connectivity index (χ3n) is 2.89. The minimum absolute atomic E-state index is 0.141. The number of hydrogen-bond donors (Lipinski definition) is 2. The number of carboxylic acid groups (broad SMARTS) is 1. The van der Waals surface area contributed by atoms with Crippen LogP contribution in [0.3, 0.4) is 0 Å². The number of nitrogens with one attached hydrogen (secondary N) is 1. The van der Waals surface area contributed by atoms with Gasteiger partial charge in [0.1, 0.15) is 11.8 Å². The molecule has 0 aliphatic carbocycles. The van der Waals surface area contributed by atoms with Crippen molar-refractivity contribution in [2.75, 3.05) is 6.61 Å². The molecule has 1 rings (SSSR count). The Morgan fingerprint density at radius 1 is 1.57 bits per heavy atom. The Bertz CT molecular complexity index is 552. The van der Waals surface area contributed by atoms with Crippen molar-refractivity contribution in [2.45, 2.75) is 32.7 Å². The number of benzene rings is 1. The zero-order valence-electron chi connectivity index (χ0n) is 12.3. The number of rotatable bonds is 6. The van der Waals surface area contributed by atoms with E-state index in [0.29, 0.717) is 24.3 Å². The molecule has 0 heterocycles. The van der Waals surface area contributed by atoms with Crippen molar-refractivity contribution < 1.29 is 14.6 Å². The van der Waals surface area contributed by atoms with Gasteiger partial charge < -0.3 is 15.2 Å². The van der Waals surface area contributed by atoms with Crippen molar-refractivity contribution in [3.63, 3.8) is 0 Å². The second kappa shape index (κ2) is 7.32. The van der Waals surface area contributed by atoms with E-state index in [1.54, 1.807) is 12.1 Å². The number of ether oxygens (including phenoxy) is 1. The van der Waals surface area contributed by atoms with Crippen LogP contribution in [0.15, 0.2) is 22.7 Å². The van der Waals surface area contributed by atoms with E-state index in [2.05, 4.69) is 27.3 Å². The maximum absolute atomic E-state index is 10.7. The summed E-state index contributed by atoms with van der Waals surface area (Å²) in [4.78, 5) is 10.7. The van der Waals surface area contributed by atoms with Crippen molar-refractivity contribution in [1.29, 1.82) is 5.26 Å². The molecule has 0 spiro atoms. The number of amides is 1. The topological polar surface area (TPSA) is 82.3 Å². The van der Waals surface area contributed by atoms with Crippen LogP contribution < -0.4 is 10.1 Å². The van der Waals surface area contributed by atoms with Gasteiger partial charge in [-0.25, -0.2) is 4.79 Å². The van der Waals surface area contributed by atoms with Gasteiger partial charge in [-0.2, -0.15) is 5.26 Å². The molecule has 0 saturated carbocycles. The molecule has 0 saturated heterocycles. The zero-order chi connectivity index (χ0) is 16.0. The predicted molar refractivity (Wildman–Crippen MR) is 83.4 cm³/mol. The second-order valence-electron chi connectivity index (χ2n) is 5.69. The van der Waals surface area contributed by atoms with E-state index in [9.17, 15) is 4.79 Å². The smallest absolute Gasteiger partial charge is 0.405 e. The minimum Gasteiger partial charge on any atom is -0.492 e. The summed E-state index contributed by atoms with van der Waals surface area (Å²) in [6, 6.07) is 7.36.